The Morgan fingerprint density at radius 1 is 1.43 bits per heavy atom. The highest BCUT2D eigenvalue weighted by Crippen LogP contribution is 2.32. The SMILES string of the molecule is C=CCOC(=O)N[C@H](CC1=C[N]c2ccccc21)C(=O)O. The van der Waals surface area contributed by atoms with Crippen LogP contribution >= 0.6 is 0 Å². The number of carbonyl (C=O) groups is 2. The van der Waals surface area contributed by atoms with Crippen molar-refractivity contribution in [1.82, 2.24) is 10.6 Å². The van der Waals surface area contributed by atoms with Gasteiger partial charge in [-0.25, -0.2) is 9.59 Å². The summed E-state index contributed by atoms with van der Waals surface area (Å²) in [7, 11) is 0. The Balaban J connectivity index is 2.03. The van der Waals surface area contributed by atoms with Crippen molar-refractivity contribution in [2.45, 2.75) is 12.5 Å². The van der Waals surface area contributed by atoms with Gasteiger partial charge >= 0.3 is 12.1 Å². The molecule has 0 fully saturated rings. The summed E-state index contributed by atoms with van der Waals surface area (Å²) < 4.78 is 4.73. The standard InChI is InChI=1S/C15H15N2O4/c1-2-7-21-15(20)17-13(14(18)19)8-10-9-16-12-6-4-3-5-11(10)12/h2-6,9,13H,1,7-8H2,(H,17,20)(H,18,19)/t13-/m1/s1. The predicted molar refractivity (Wildman–Crippen MR) is 76.9 cm³/mol. The third-order valence-electron chi connectivity index (χ3n) is 2.96. The molecular formula is C15H15N2O4. The minimum absolute atomic E-state index is 0.0268. The number of alkyl carbamates (subject to hydrolysis) is 1. The first-order chi connectivity index (χ1) is 10.1. The summed E-state index contributed by atoms with van der Waals surface area (Å²) in [5.41, 5.74) is 2.44. The van der Waals surface area contributed by atoms with E-state index in [0.717, 1.165) is 16.8 Å². The van der Waals surface area contributed by atoms with E-state index in [4.69, 9.17) is 4.74 Å². The number of aliphatic carboxylic acids is 1. The highest BCUT2D eigenvalue weighted by molar-refractivity contribution is 5.85. The van der Waals surface area contributed by atoms with E-state index in [2.05, 4.69) is 17.2 Å². The molecule has 1 atom stereocenters. The minimum Gasteiger partial charge on any atom is -0.480 e. The number of carboxylic acid groups (broad SMARTS) is 1. The van der Waals surface area contributed by atoms with Crippen LogP contribution in [0.2, 0.25) is 0 Å². The van der Waals surface area contributed by atoms with Crippen molar-refractivity contribution in [3.05, 3.63) is 48.7 Å². The second-order valence-electron chi connectivity index (χ2n) is 4.43. The van der Waals surface area contributed by atoms with Crippen LogP contribution in [0, 0.1) is 0 Å². The van der Waals surface area contributed by atoms with Crippen LogP contribution in [0.4, 0.5) is 10.5 Å². The molecule has 0 unspecified atom stereocenters. The first kappa shape index (κ1) is 14.6. The van der Waals surface area contributed by atoms with Gasteiger partial charge in [0.1, 0.15) is 12.6 Å². The second kappa shape index (κ2) is 6.60. The molecule has 0 saturated carbocycles. The molecule has 0 saturated heterocycles. The van der Waals surface area contributed by atoms with Gasteiger partial charge in [0.05, 0.1) is 5.69 Å². The lowest BCUT2D eigenvalue weighted by Gasteiger charge is -2.15. The van der Waals surface area contributed by atoms with Crippen molar-refractivity contribution in [1.29, 1.82) is 0 Å². The van der Waals surface area contributed by atoms with E-state index in [1.54, 1.807) is 6.20 Å². The van der Waals surface area contributed by atoms with Crippen molar-refractivity contribution < 1.29 is 19.4 Å². The number of benzene rings is 1. The molecule has 0 aromatic heterocycles. The molecule has 1 amide bonds. The third-order valence-corrected chi connectivity index (χ3v) is 2.96. The average molecular weight is 287 g/mol. The van der Waals surface area contributed by atoms with Gasteiger partial charge in [-0.1, -0.05) is 30.9 Å². The van der Waals surface area contributed by atoms with Gasteiger partial charge in [0.2, 0.25) is 0 Å². The highest BCUT2D eigenvalue weighted by atomic mass is 16.5. The van der Waals surface area contributed by atoms with E-state index in [0.29, 0.717) is 0 Å². The summed E-state index contributed by atoms with van der Waals surface area (Å²) in [5.74, 6) is -1.13. The Kier molecular flexibility index (Phi) is 4.61. The maximum Gasteiger partial charge on any atom is 0.408 e. The molecule has 1 aliphatic rings. The fourth-order valence-electron chi connectivity index (χ4n) is 1.98. The van der Waals surface area contributed by atoms with Crippen LogP contribution in [0.5, 0.6) is 0 Å². The van der Waals surface area contributed by atoms with Crippen molar-refractivity contribution >= 4 is 23.3 Å². The number of nitrogens with zero attached hydrogens (tertiary/aromatic N) is 1. The summed E-state index contributed by atoms with van der Waals surface area (Å²) >= 11 is 0. The summed E-state index contributed by atoms with van der Waals surface area (Å²) in [5, 5.41) is 15.7. The first-order valence-electron chi connectivity index (χ1n) is 6.38. The minimum atomic E-state index is -1.13. The van der Waals surface area contributed by atoms with E-state index in [9.17, 15) is 14.7 Å². The van der Waals surface area contributed by atoms with E-state index < -0.39 is 18.1 Å². The van der Waals surface area contributed by atoms with Crippen LogP contribution in [-0.4, -0.2) is 29.8 Å². The number of hydrogen-bond acceptors (Lipinski definition) is 3. The fraction of sp³-hybridized carbons (Fsp3) is 0.200. The molecule has 2 rings (SSSR count). The van der Waals surface area contributed by atoms with Gasteiger partial charge in [0.15, 0.2) is 0 Å². The fourth-order valence-corrected chi connectivity index (χ4v) is 1.98. The van der Waals surface area contributed by atoms with Crippen LogP contribution in [-0.2, 0) is 9.53 Å². The Morgan fingerprint density at radius 3 is 2.90 bits per heavy atom. The Hall–Kier alpha value is -2.76. The molecule has 2 N–H and O–H groups in total. The molecule has 1 heterocycles. The number of ether oxygens (including phenoxy) is 1. The molecule has 0 bridgehead atoms. The molecule has 21 heavy (non-hydrogen) atoms. The zero-order chi connectivity index (χ0) is 15.2. The van der Waals surface area contributed by atoms with Gasteiger partial charge in [0, 0.05) is 18.2 Å². The molecule has 1 radical (unpaired) electrons. The van der Waals surface area contributed by atoms with Gasteiger partial charge in [-0.3, -0.25) is 5.32 Å². The molecule has 1 aromatic carbocycles. The Labute approximate surface area is 122 Å². The van der Waals surface area contributed by atoms with Crippen molar-refractivity contribution in [2.75, 3.05) is 6.61 Å². The Bertz CT molecular complexity index is 595. The van der Waals surface area contributed by atoms with E-state index >= 15 is 0 Å². The molecule has 6 heteroatoms. The number of amides is 1. The number of nitrogens with one attached hydrogen (secondary N) is 1. The number of para-hydroxylation sites is 1. The van der Waals surface area contributed by atoms with Crippen LogP contribution in [0.1, 0.15) is 12.0 Å². The summed E-state index contributed by atoms with van der Waals surface area (Å²) in [6.45, 7) is 3.44. The first-order valence-corrected chi connectivity index (χ1v) is 6.38. The smallest absolute Gasteiger partial charge is 0.408 e. The average Bonchev–Trinajstić information content (AvgIpc) is 2.87. The number of hydrogen-bond donors (Lipinski definition) is 2. The topological polar surface area (TPSA) is 89.7 Å². The molecule has 1 aromatic rings. The molecule has 1 aliphatic heterocycles. The van der Waals surface area contributed by atoms with Crippen molar-refractivity contribution in [2.24, 2.45) is 0 Å². The molecule has 0 spiro atoms. The monoisotopic (exact) mass is 287 g/mol. The predicted octanol–water partition coefficient (Wildman–Crippen LogP) is 2.03. The molecule has 0 aliphatic carbocycles. The zero-order valence-electron chi connectivity index (χ0n) is 11.3. The lowest BCUT2D eigenvalue weighted by Crippen LogP contribution is -2.41. The molecule has 6 nitrogen and oxygen atoms in total. The van der Waals surface area contributed by atoms with Crippen LogP contribution in [0.25, 0.3) is 5.57 Å². The third kappa shape index (κ3) is 3.62. The number of carbonyl (C=O) groups excluding carboxylic acids is 1. The molecule has 109 valence electrons. The van der Waals surface area contributed by atoms with Gasteiger partial charge in [-0.2, -0.15) is 0 Å². The van der Waals surface area contributed by atoms with E-state index in [1.165, 1.54) is 6.08 Å². The number of fused-ring (bicyclic) bond motifs is 1. The summed E-state index contributed by atoms with van der Waals surface area (Å²) in [6.07, 6.45) is 2.38. The quantitative estimate of drug-likeness (QED) is 0.783. The highest BCUT2D eigenvalue weighted by Gasteiger charge is 2.25. The van der Waals surface area contributed by atoms with Gasteiger partial charge in [-0.15, -0.1) is 0 Å². The zero-order valence-corrected chi connectivity index (χ0v) is 11.3. The van der Waals surface area contributed by atoms with Gasteiger partial charge < -0.3 is 15.2 Å². The van der Waals surface area contributed by atoms with Crippen molar-refractivity contribution in [3.63, 3.8) is 0 Å². The van der Waals surface area contributed by atoms with Crippen molar-refractivity contribution in [3.8, 4) is 0 Å². The molecular weight excluding hydrogens is 272 g/mol. The van der Waals surface area contributed by atoms with Gasteiger partial charge in [-0.05, 0) is 11.6 Å². The Morgan fingerprint density at radius 2 is 2.19 bits per heavy atom. The van der Waals surface area contributed by atoms with Crippen LogP contribution < -0.4 is 10.6 Å². The lowest BCUT2D eigenvalue weighted by atomic mass is 10.0. The largest absolute Gasteiger partial charge is 0.480 e. The summed E-state index contributed by atoms with van der Waals surface area (Å²) in [4.78, 5) is 22.7. The normalized spacial score (nSPS) is 13.4. The van der Waals surface area contributed by atoms with Gasteiger partial charge in [0.25, 0.3) is 0 Å². The second-order valence-corrected chi connectivity index (χ2v) is 4.43. The van der Waals surface area contributed by atoms with Crippen LogP contribution in [0.15, 0.2) is 43.1 Å². The lowest BCUT2D eigenvalue weighted by molar-refractivity contribution is -0.139. The maximum atomic E-state index is 11.4. The van der Waals surface area contributed by atoms with Crippen LogP contribution in [0.3, 0.4) is 0 Å². The van der Waals surface area contributed by atoms with E-state index in [1.807, 2.05) is 24.3 Å². The van der Waals surface area contributed by atoms with E-state index in [-0.39, 0.29) is 13.0 Å². The number of carboxylic acids is 1. The summed E-state index contributed by atoms with van der Waals surface area (Å²) in [6, 6.07) is 6.36. The maximum absolute atomic E-state index is 11.4. The number of rotatable bonds is 6.